The molecule has 0 aliphatic rings. The Labute approximate surface area is 113 Å². The minimum Gasteiger partial charge on any atom is -0.301 e. The van der Waals surface area contributed by atoms with Crippen LogP contribution in [0, 0.1) is 0 Å². The molecular formula is C11H9ClN4OS. The highest BCUT2D eigenvalue weighted by Crippen LogP contribution is 2.27. The number of carbonyl (C=O) groups is 1. The van der Waals surface area contributed by atoms with Crippen LogP contribution < -0.4 is 5.32 Å². The Balaban J connectivity index is 2.03. The zero-order chi connectivity index (χ0) is 12.8. The zero-order valence-corrected chi connectivity index (χ0v) is 10.8. The minimum absolute atomic E-state index is 0.0968. The molecule has 5 nitrogen and oxygen atoms in total. The Kier molecular flexibility index (Phi) is 4.38. The maximum Gasteiger partial charge on any atom is 0.241 e. The summed E-state index contributed by atoms with van der Waals surface area (Å²) in [6, 6.07) is 9.37. The van der Waals surface area contributed by atoms with E-state index >= 15 is 0 Å². The van der Waals surface area contributed by atoms with E-state index in [4.69, 9.17) is 11.6 Å². The van der Waals surface area contributed by atoms with Crippen molar-refractivity contribution in [3.8, 4) is 0 Å². The maximum absolute atomic E-state index is 11.0. The molecule has 0 bridgehead atoms. The number of hydrogen-bond donors (Lipinski definition) is 1. The fraction of sp³-hybridized carbons (Fsp3) is 0.0909. The van der Waals surface area contributed by atoms with E-state index in [1.54, 1.807) is 6.20 Å². The molecule has 0 radical (unpaired) electrons. The largest absolute Gasteiger partial charge is 0.301 e. The summed E-state index contributed by atoms with van der Waals surface area (Å²) in [7, 11) is 0. The predicted octanol–water partition coefficient (Wildman–Crippen LogP) is 3.74. The third kappa shape index (κ3) is 3.61. The van der Waals surface area contributed by atoms with Crippen LogP contribution in [-0.4, -0.2) is 16.8 Å². The monoisotopic (exact) mass is 280 g/mol. The van der Waals surface area contributed by atoms with Gasteiger partial charge < -0.3 is 5.32 Å². The van der Waals surface area contributed by atoms with Crippen LogP contribution in [0.25, 0.3) is 0 Å². The van der Waals surface area contributed by atoms with Gasteiger partial charge in [-0.2, -0.15) is 0 Å². The molecule has 1 aromatic carbocycles. The minimum atomic E-state index is -0.294. The van der Waals surface area contributed by atoms with E-state index in [-0.39, 0.29) is 11.8 Å². The van der Waals surface area contributed by atoms with Gasteiger partial charge in [0.15, 0.2) is 10.1 Å². The molecule has 7 heteroatoms. The number of nitrogens with one attached hydrogen (secondary N) is 1. The van der Waals surface area contributed by atoms with Crippen LogP contribution in [0.1, 0.15) is 0 Å². The number of benzene rings is 1. The van der Waals surface area contributed by atoms with E-state index in [0.29, 0.717) is 10.1 Å². The first-order valence-electron chi connectivity index (χ1n) is 5.06. The molecule has 0 spiro atoms. The highest BCUT2D eigenvalue weighted by atomic mass is 35.5. The summed E-state index contributed by atoms with van der Waals surface area (Å²) < 4.78 is 0. The van der Waals surface area contributed by atoms with Crippen molar-refractivity contribution in [3.63, 3.8) is 0 Å². The Morgan fingerprint density at radius 3 is 2.83 bits per heavy atom. The molecule has 1 aromatic heterocycles. The van der Waals surface area contributed by atoms with Gasteiger partial charge in [-0.1, -0.05) is 29.5 Å². The Hall–Kier alpha value is -1.79. The zero-order valence-electron chi connectivity index (χ0n) is 9.21. The molecule has 1 heterocycles. The molecule has 0 aliphatic carbocycles. The summed E-state index contributed by atoms with van der Waals surface area (Å²) >= 11 is 6.61. The van der Waals surface area contributed by atoms with Crippen molar-refractivity contribution in [3.05, 3.63) is 36.5 Å². The van der Waals surface area contributed by atoms with E-state index < -0.39 is 0 Å². The van der Waals surface area contributed by atoms with Gasteiger partial charge in [-0.15, -0.1) is 21.8 Å². The SMILES string of the molecule is O=C(CCl)Nc1ncc(N=Nc2ccccc2)s1. The van der Waals surface area contributed by atoms with Gasteiger partial charge in [0.25, 0.3) is 0 Å². The van der Waals surface area contributed by atoms with Crippen molar-refractivity contribution in [2.75, 3.05) is 11.2 Å². The number of aromatic nitrogens is 1. The van der Waals surface area contributed by atoms with Crippen LogP contribution in [0.4, 0.5) is 15.8 Å². The van der Waals surface area contributed by atoms with Gasteiger partial charge in [0.2, 0.25) is 5.91 Å². The van der Waals surface area contributed by atoms with Gasteiger partial charge in [-0.25, -0.2) is 4.98 Å². The van der Waals surface area contributed by atoms with Crippen molar-refractivity contribution in [1.29, 1.82) is 0 Å². The third-order valence-corrected chi connectivity index (χ3v) is 2.92. The molecular weight excluding hydrogens is 272 g/mol. The van der Waals surface area contributed by atoms with Crippen LogP contribution in [0.5, 0.6) is 0 Å². The second kappa shape index (κ2) is 6.23. The van der Waals surface area contributed by atoms with E-state index in [1.807, 2.05) is 30.3 Å². The number of alkyl halides is 1. The average molecular weight is 281 g/mol. The highest BCUT2D eigenvalue weighted by molar-refractivity contribution is 7.19. The number of rotatable bonds is 4. The van der Waals surface area contributed by atoms with Crippen LogP contribution in [0.3, 0.4) is 0 Å². The van der Waals surface area contributed by atoms with E-state index in [9.17, 15) is 4.79 Å². The molecule has 0 atom stereocenters. The average Bonchev–Trinajstić information content (AvgIpc) is 2.85. The number of azo groups is 1. The van der Waals surface area contributed by atoms with Crippen LogP contribution in [0.2, 0.25) is 0 Å². The number of thiazole rings is 1. The van der Waals surface area contributed by atoms with E-state index in [2.05, 4.69) is 20.5 Å². The van der Waals surface area contributed by atoms with Gasteiger partial charge in [-0.3, -0.25) is 4.79 Å². The molecule has 0 fully saturated rings. The van der Waals surface area contributed by atoms with Crippen LogP contribution in [-0.2, 0) is 4.79 Å². The summed E-state index contributed by atoms with van der Waals surface area (Å²) in [6.07, 6.45) is 1.54. The van der Waals surface area contributed by atoms with Crippen molar-refractivity contribution in [1.82, 2.24) is 4.98 Å². The molecule has 0 unspecified atom stereocenters. The topological polar surface area (TPSA) is 66.7 Å². The van der Waals surface area contributed by atoms with Gasteiger partial charge in [-0.05, 0) is 12.1 Å². The predicted molar refractivity (Wildman–Crippen MR) is 72.1 cm³/mol. The van der Waals surface area contributed by atoms with Gasteiger partial charge in [0.1, 0.15) is 5.88 Å². The smallest absolute Gasteiger partial charge is 0.241 e. The summed E-state index contributed by atoms with van der Waals surface area (Å²) in [6.45, 7) is 0. The summed E-state index contributed by atoms with van der Waals surface area (Å²) in [5.74, 6) is -0.391. The Morgan fingerprint density at radius 1 is 1.33 bits per heavy atom. The molecule has 2 rings (SSSR count). The summed E-state index contributed by atoms with van der Waals surface area (Å²) in [4.78, 5) is 15.0. The number of anilines is 1. The number of carbonyl (C=O) groups excluding carboxylic acids is 1. The van der Waals surface area contributed by atoms with Gasteiger partial charge in [0.05, 0.1) is 11.9 Å². The summed E-state index contributed by atoms with van der Waals surface area (Å²) in [5, 5.41) is 11.7. The summed E-state index contributed by atoms with van der Waals surface area (Å²) in [5.41, 5.74) is 0.761. The molecule has 1 N–H and O–H groups in total. The Bertz CT molecular complexity index is 555. The fourth-order valence-electron chi connectivity index (χ4n) is 1.12. The van der Waals surface area contributed by atoms with Crippen LogP contribution >= 0.6 is 22.9 Å². The normalized spacial score (nSPS) is 10.7. The van der Waals surface area contributed by atoms with Crippen molar-refractivity contribution >= 4 is 44.7 Å². The lowest BCUT2D eigenvalue weighted by molar-refractivity contribution is -0.113. The van der Waals surface area contributed by atoms with E-state index in [0.717, 1.165) is 5.69 Å². The van der Waals surface area contributed by atoms with Crippen LogP contribution in [0.15, 0.2) is 46.8 Å². The van der Waals surface area contributed by atoms with Crippen molar-refractivity contribution in [2.45, 2.75) is 0 Å². The third-order valence-electron chi connectivity index (χ3n) is 1.88. The molecule has 92 valence electrons. The molecule has 18 heavy (non-hydrogen) atoms. The number of amides is 1. The molecule has 0 saturated carbocycles. The number of halogens is 1. The number of hydrogen-bond acceptors (Lipinski definition) is 5. The maximum atomic E-state index is 11.0. The highest BCUT2D eigenvalue weighted by Gasteiger charge is 2.04. The molecule has 0 aliphatic heterocycles. The lowest BCUT2D eigenvalue weighted by Crippen LogP contribution is -2.11. The first kappa shape index (κ1) is 12.7. The molecule has 0 saturated heterocycles. The lowest BCUT2D eigenvalue weighted by atomic mass is 10.3. The number of nitrogens with zero attached hydrogens (tertiary/aromatic N) is 3. The van der Waals surface area contributed by atoms with Crippen molar-refractivity contribution < 1.29 is 4.79 Å². The second-order valence-electron chi connectivity index (χ2n) is 3.22. The van der Waals surface area contributed by atoms with Gasteiger partial charge >= 0.3 is 0 Å². The van der Waals surface area contributed by atoms with E-state index in [1.165, 1.54) is 11.3 Å². The first-order valence-corrected chi connectivity index (χ1v) is 6.41. The quantitative estimate of drug-likeness (QED) is 0.685. The Morgan fingerprint density at radius 2 is 2.11 bits per heavy atom. The first-order chi connectivity index (χ1) is 8.78. The van der Waals surface area contributed by atoms with Gasteiger partial charge in [0, 0.05) is 0 Å². The molecule has 1 amide bonds. The van der Waals surface area contributed by atoms with Crippen molar-refractivity contribution in [2.24, 2.45) is 10.2 Å². The fourth-order valence-corrected chi connectivity index (χ4v) is 1.85. The second-order valence-corrected chi connectivity index (χ2v) is 4.50. The standard InChI is InChI=1S/C11H9ClN4OS/c12-6-9(17)14-11-13-7-10(18-11)16-15-8-4-2-1-3-5-8/h1-5,7H,6H2,(H,13,14,17). The lowest BCUT2D eigenvalue weighted by Gasteiger charge is -1.94. The molecule has 2 aromatic rings.